The molecule has 2 N–H and O–H groups in total. The van der Waals surface area contributed by atoms with Crippen LogP contribution in [0.3, 0.4) is 0 Å². The van der Waals surface area contributed by atoms with Gasteiger partial charge in [-0.15, -0.1) is 11.8 Å². The third-order valence-electron chi connectivity index (χ3n) is 4.37. The molecule has 0 spiro atoms. The van der Waals surface area contributed by atoms with Gasteiger partial charge in [0.05, 0.1) is 11.9 Å². The summed E-state index contributed by atoms with van der Waals surface area (Å²) in [5.74, 6) is 1.09. The van der Waals surface area contributed by atoms with Gasteiger partial charge in [-0.3, -0.25) is 9.59 Å². The Balaban J connectivity index is 1.45. The minimum absolute atomic E-state index is 0.0662. The number of thioether (sulfide) groups is 1. The summed E-state index contributed by atoms with van der Waals surface area (Å²) < 4.78 is 10.9. The molecule has 1 unspecified atom stereocenters. The highest BCUT2D eigenvalue weighted by molar-refractivity contribution is 8.00. The van der Waals surface area contributed by atoms with Crippen LogP contribution in [0.25, 0.3) is 0 Å². The van der Waals surface area contributed by atoms with Crippen LogP contribution in [0.15, 0.2) is 83.8 Å². The van der Waals surface area contributed by atoms with Crippen LogP contribution in [0.1, 0.15) is 13.8 Å². The van der Waals surface area contributed by atoms with Crippen molar-refractivity contribution in [3.63, 3.8) is 0 Å². The topological polar surface area (TPSA) is 76.7 Å². The summed E-state index contributed by atoms with van der Waals surface area (Å²) in [6, 6.07) is 23.8. The summed E-state index contributed by atoms with van der Waals surface area (Å²) >= 11 is 1.44. The molecule has 3 rings (SSSR count). The summed E-state index contributed by atoms with van der Waals surface area (Å²) in [5.41, 5.74) is 1.39. The van der Waals surface area contributed by atoms with Gasteiger partial charge in [-0.05, 0) is 74.5 Å². The van der Waals surface area contributed by atoms with Crippen molar-refractivity contribution in [3.05, 3.63) is 78.9 Å². The van der Waals surface area contributed by atoms with Gasteiger partial charge < -0.3 is 20.1 Å². The maximum Gasteiger partial charge on any atom is 0.262 e. The summed E-state index contributed by atoms with van der Waals surface area (Å²) in [6.07, 6.45) is 0. The Hall–Kier alpha value is -3.45. The van der Waals surface area contributed by atoms with E-state index in [0.717, 1.165) is 16.3 Å². The monoisotopic (exact) mass is 450 g/mol. The summed E-state index contributed by atoms with van der Waals surface area (Å²) in [6.45, 7) is 4.31. The number of anilines is 2. The van der Waals surface area contributed by atoms with Crippen molar-refractivity contribution in [3.8, 4) is 11.5 Å². The van der Waals surface area contributed by atoms with E-state index < -0.39 is 0 Å². The third kappa shape index (κ3) is 7.35. The smallest absolute Gasteiger partial charge is 0.262 e. The van der Waals surface area contributed by atoms with Crippen LogP contribution in [-0.2, 0) is 9.59 Å². The molecule has 2 amide bonds. The number of rotatable bonds is 10. The molecule has 6 nitrogen and oxygen atoms in total. The molecule has 0 fully saturated rings. The Morgan fingerprint density at radius 3 is 2.06 bits per heavy atom. The first-order valence-corrected chi connectivity index (χ1v) is 11.2. The summed E-state index contributed by atoms with van der Waals surface area (Å²) in [4.78, 5) is 25.5. The zero-order valence-electron chi connectivity index (χ0n) is 18.0. The normalized spacial score (nSPS) is 11.3. The molecule has 1 atom stereocenters. The van der Waals surface area contributed by atoms with Crippen molar-refractivity contribution < 1.29 is 19.1 Å². The molecular formula is C25H26N2O4S. The van der Waals surface area contributed by atoms with Gasteiger partial charge in [-0.2, -0.15) is 0 Å². The van der Waals surface area contributed by atoms with Gasteiger partial charge in [0.25, 0.3) is 5.91 Å². The van der Waals surface area contributed by atoms with Gasteiger partial charge in [-0.25, -0.2) is 0 Å². The molecule has 0 aliphatic heterocycles. The fourth-order valence-electron chi connectivity index (χ4n) is 2.78. The number of carbonyl (C=O) groups is 2. The molecular weight excluding hydrogens is 424 g/mol. The van der Waals surface area contributed by atoms with Crippen molar-refractivity contribution in [1.29, 1.82) is 0 Å². The minimum Gasteiger partial charge on any atom is -0.494 e. The fourth-order valence-corrected chi connectivity index (χ4v) is 3.65. The number of ether oxygens (including phenoxy) is 2. The average molecular weight is 451 g/mol. The zero-order chi connectivity index (χ0) is 22.8. The van der Waals surface area contributed by atoms with Gasteiger partial charge in [0.15, 0.2) is 6.61 Å². The lowest BCUT2D eigenvalue weighted by Gasteiger charge is -2.13. The molecule has 32 heavy (non-hydrogen) atoms. The van der Waals surface area contributed by atoms with Gasteiger partial charge >= 0.3 is 0 Å². The number of amides is 2. The number of hydrogen-bond acceptors (Lipinski definition) is 5. The molecule has 0 aromatic heterocycles. The number of benzene rings is 3. The standard InChI is InChI=1S/C25H26N2O4S/c1-3-30-22-13-9-20(10-14-22)27-25(29)18(2)32-23-15-11-19(12-16-23)26-24(28)17-31-21-7-5-4-6-8-21/h4-16,18H,3,17H2,1-2H3,(H,26,28)(H,27,29). The van der Waals surface area contributed by atoms with Gasteiger partial charge in [0, 0.05) is 16.3 Å². The van der Waals surface area contributed by atoms with E-state index >= 15 is 0 Å². The second-order valence-electron chi connectivity index (χ2n) is 6.88. The van der Waals surface area contributed by atoms with Gasteiger partial charge in [-0.1, -0.05) is 18.2 Å². The van der Waals surface area contributed by atoms with Crippen molar-refractivity contribution in [2.45, 2.75) is 24.0 Å². The maximum atomic E-state index is 12.5. The SMILES string of the molecule is CCOc1ccc(NC(=O)C(C)Sc2ccc(NC(=O)COc3ccccc3)cc2)cc1. The van der Waals surface area contributed by atoms with E-state index in [1.807, 2.05) is 68.4 Å². The van der Waals surface area contributed by atoms with Crippen LogP contribution < -0.4 is 20.1 Å². The molecule has 0 radical (unpaired) electrons. The maximum absolute atomic E-state index is 12.5. The Morgan fingerprint density at radius 2 is 1.41 bits per heavy atom. The number of carbonyl (C=O) groups excluding carboxylic acids is 2. The molecule has 0 heterocycles. The molecule has 0 aliphatic carbocycles. The zero-order valence-corrected chi connectivity index (χ0v) is 18.9. The van der Waals surface area contributed by atoms with Gasteiger partial charge in [0.2, 0.25) is 5.91 Å². The lowest BCUT2D eigenvalue weighted by molar-refractivity contribution is -0.118. The first kappa shape index (κ1) is 23.2. The van der Waals surface area contributed by atoms with E-state index in [4.69, 9.17) is 9.47 Å². The first-order chi connectivity index (χ1) is 15.5. The van der Waals surface area contributed by atoms with Crippen LogP contribution in [0.2, 0.25) is 0 Å². The highest BCUT2D eigenvalue weighted by Crippen LogP contribution is 2.26. The predicted octanol–water partition coefficient (Wildman–Crippen LogP) is 5.22. The average Bonchev–Trinajstić information content (AvgIpc) is 2.81. The lowest BCUT2D eigenvalue weighted by atomic mass is 10.3. The van der Waals surface area contributed by atoms with Crippen molar-refractivity contribution >= 4 is 35.0 Å². The number of hydrogen-bond donors (Lipinski definition) is 2. The Morgan fingerprint density at radius 1 is 0.812 bits per heavy atom. The summed E-state index contributed by atoms with van der Waals surface area (Å²) in [7, 11) is 0. The van der Waals surface area contributed by atoms with Crippen molar-refractivity contribution in [1.82, 2.24) is 0 Å². The van der Waals surface area contributed by atoms with Crippen LogP contribution in [0.4, 0.5) is 11.4 Å². The van der Waals surface area contributed by atoms with Crippen molar-refractivity contribution in [2.24, 2.45) is 0 Å². The molecule has 0 saturated carbocycles. The largest absolute Gasteiger partial charge is 0.494 e. The second-order valence-corrected chi connectivity index (χ2v) is 8.30. The van der Waals surface area contributed by atoms with E-state index in [1.54, 1.807) is 24.3 Å². The number of para-hydroxylation sites is 1. The van der Waals surface area contributed by atoms with E-state index in [0.29, 0.717) is 18.0 Å². The predicted molar refractivity (Wildman–Crippen MR) is 129 cm³/mol. The Labute approximate surface area is 192 Å². The fraction of sp³-hybridized carbons (Fsp3) is 0.200. The van der Waals surface area contributed by atoms with Crippen LogP contribution >= 0.6 is 11.8 Å². The number of nitrogens with one attached hydrogen (secondary N) is 2. The van der Waals surface area contributed by atoms with E-state index in [9.17, 15) is 9.59 Å². The first-order valence-electron chi connectivity index (χ1n) is 10.3. The quantitative estimate of drug-likeness (QED) is 0.414. The van der Waals surface area contributed by atoms with E-state index in [2.05, 4.69) is 10.6 Å². The van der Waals surface area contributed by atoms with Crippen LogP contribution in [0, 0.1) is 0 Å². The second kappa shape index (κ2) is 11.8. The molecule has 7 heteroatoms. The highest BCUT2D eigenvalue weighted by atomic mass is 32.2. The van der Waals surface area contributed by atoms with Crippen molar-refractivity contribution in [2.75, 3.05) is 23.8 Å². The Bertz CT molecular complexity index is 1010. The minimum atomic E-state index is -0.290. The van der Waals surface area contributed by atoms with E-state index in [-0.39, 0.29) is 23.7 Å². The third-order valence-corrected chi connectivity index (χ3v) is 5.48. The van der Waals surface area contributed by atoms with Gasteiger partial charge in [0.1, 0.15) is 11.5 Å². The Kier molecular flexibility index (Phi) is 8.57. The molecule has 166 valence electrons. The molecule has 3 aromatic rings. The molecule has 0 bridgehead atoms. The molecule has 0 saturated heterocycles. The molecule has 0 aliphatic rings. The molecule has 3 aromatic carbocycles. The van der Waals surface area contributed by atoms with E-state index in [1.165, 1.54) is 11.8 Å². The highest BCUT2D eigenvalue weighted by Gasteiger charge is 2.15. The van der Waals surface area contributed by atoms with Crippen LogP contribution in [0.5, 0.6) is 11.5 Å². The lowest BCUT2D eigenvalue weighted by Crippen LogP contribution is -2.22. The van der Waals surface area contributed by atoms with Crippen LogP contribution in [-0.4, -0.2) is 30.3 Å². The summed E-state index contributed by atoms with van der Waals surface area (Å²) in [5, 5.41) is 5.42.